The van der Waals surface area contributed by atoms with Crippen molar-refractivity contribution >= 4 is 15.9 Å². The van der Waals surface area contributed by atoms with Crippen LogP contribution in [0.5, 0.6) is 0 Å². The van der Waals surface area contributed by atoms with E-state index in [9.17, 15) is 0 Å². The Labute approximate surface area is 130 Å². The van der Waals surface area contributed by atoms with Gasteiger partial charge in [-0.05, 0) is 35.8 Å². The molecule has 0 bridgehead atoms. The van der Waals surface area contributed by atoms with Crippen LogP contribution in [-0.2, 0) is 16.0 Å². The van der Waals surface area contributed by atoms with Crippen molar-refractivity contribution in [3.8, 4) is 0 Å². The van der Waals surface area contributed by atoms with Crippen LogP contribution in [0.4, 0.5) is 0 Å². The Kier molecular flexibility index (Phi) is 7.15. The Hall–Kier alpha value is -0.430. The third-order valence-electron chi connectivity index (χ3n) is 4.03. The molecule has 0 saturated heterocycles. The van der Waals surface area contributed by atoms with Crippen molar-refractivity contribution in [3.05, 3.63) is 16.4 Å². The fourth-order valence-electron chi connectivity index (χ4n) is 2.73. The van der Waals surface area contributed by atoms with Crippen LogP contribution in [0.3, 0.4) is 0 Å². The van der Waals surface area contributed by atoms with Gasteiger partial charge in [0, 0.05) is 14.2 Å². The first-order valence-corrected chi connectivity index (χ1v) is 7.82. The van der Waals surface area contributed by atoms with Crippen molar-refractivity contribution in [2.45, 2.75) is 44.9 Å². The van der Waals surface area contributed by atoms with Crippen molar-refractivity contribution in [2.75, 3.05) is 27.9 Å². The molecule has 1 aromatic rings. The predicted octanol–water partition coefficient (Wildman–Crippen LogP) is 2.76. The molecule has 6 heteroatoms. The highest BCUT2D eigenvalue weighted by atomic mass is 79.9. The maximum absolute atomic E-state index is 5.87. The number of rotatable bonds is 9. The van der Waals surface area contributed by atoms with Gasteiger partial charge in [-0.15, -0.1) is 0 Å². The SMILES string of the molecule is CCC(CC)(OC)C(NC)c1c(Br)cnn1CCOC. The molecule has 5 nitrogen and oxygen atoms in total. The Morgan fingerprint density at radius 1 is 1.40 bits per heavy atom. The highest BCUT2D eigenvalue weighted by Gasteiger charge is 2.39. The van der Waals surface area contributed by atoms with E-state index in [1.165, 1.54) is 0 Å². The minimum absolute atomic E-state index is 0.0660. The van der Waals surface area contributed by atoms with Crippen LogP contribution in [-0.4, -0.2) is 43.3 Å². The average Bonchev–Trinajstić information content (AvgIpc) is 2.84. The van der Waals surface area contributed by atoms with Crippen LogP contribution in [0.15, 0.2) is 10.7 Å². The van der Waals surface area contributed by atoms with Crippen LogP contribution >= 0.6 is 15.9 Å². The summed E-state index contributed by atoms with van der Waals surface area (Å²) in [6.07, 6.45) is 3.68. The first-order chi connectivity index (χ1) is 9.60. The Morgan fingerprint density at radius 2 is 2.05 bits per heavy atom. The van der Waals surface area contributed by atoms with Gasteiger partial charge in [0.2, 0.25) is 0 Å². The number of hydrogen-bond acceptors (Lipinski definition) is 4. The second kappa shape index (κ2) is 8.12. The van der Waals surface area contributed by atoms with Crippen molar-refractivity contribution in [1.82, 2.24) is 15.1 Å². The third-order valence-corrected chi connectivity index (χ3v) is 4.64. The van der Waals surface area contributed by atoms with E-state index in [0.29, 0.717) is 6.61 Å². The summed E-state index contributed by atoms with van der Waals surface area (Å²) in [5.41, 5.74) is 0.859. The van der Waals surface area contributed by atoms with Gasteiger partial charge < -0.3 is 14.8 Å². The van der Waals surface area contributed by atoms with E-state index in [0.717, 1.165) is 29.6 Å². The Morgan fingerprint density at radius 3 is 2.50 bits per heavy atom. The molecule has 1 unspecified atom stereocenters. The molecule has 0 amide bonds. The number of hydrogen-bond donors (Lipinski definition) is 1. The smallest absolute Gasteiger partial charge is 0.0882 e. The largest absolute Gasteiger partial charge is 0.383 e. The third kappa shape index (κ3) is 3.42. The van der Waals surface area contributed by atoms with Crippen molar-refractivity contribution in [3.63, 3.8) is 0 Å². The second-order valence-electron chi connectivity index (χ2n) is 4.79. The van der Waals surface area contributed by atoms with E-state index in [1.807, 2.05) is 17.9 Å². The highest BCUT2D eigenvalue weighted by molar-refractivity contribution is 9.10. The summed E-state index contributed by atoms with van der Waals surface area (Å²) in [5.74, 6) is 0. The summed E-state index contributed by atoms with van der Waals surface area (Å²) in [7, 11) is 5.44. The number of aromatic nitrogens is 2. The van der Waals surface area contributed by atoms with Crippen LogP contribution < -0.4 is 5.32 Å². The Balaban J connectivity index is 3.20. The number of methoxy groups -OCH3 is 2. The summed E-state index contributed by atoms with van der Waals surface area (Å²) >= 11 is 3.61. The highest BCUT2D eigenvalue weighted by Crippen LogP contribution is 2.37. The summed E-state index contributed by atoms with van der Waals surface area (Å²) in [5, 5.41) is 7.83. The molecule has 0 saturated carbocycles. The quantitative estimate of drug-likeness (QED) is 0.746. The van der Waals surface area contributed by atoms with Gasteiger partial charge >= 0.3 is 0 Å². The van der Waals surface area contributed by atoms with Gasteiger partial charge in [-0.3, -0.25) is 4.68 Å². The van der Waals surface area contributed by atoms with E-state index in [2.05, 4.69) is 40.2 Å². The van der Waals surface area contributed by atoms with Gasteiger partial charge in [0.15, 0.2) is 0 Å². The van der Waals surface area contributed by atoms with Crippen LogP contribution in [0, 0.1) is 0 Å². The van der Waals surface area contributed by atoms with Crippen LogP contribution in [0.1, 0.15) is 38.4 Å². The monoisotopic (exact) mass is 347 g/mol. The summed E-state index contributed by atoms with van der Waals surface area (Å²) in [6.45, 7) is 5.67. The zero-order chi connectivity index (χ0) is 15.2. The molecule has 1 heterocycles. The molecule has 0 aliphatic carbocycles. The van der Waals surface area contributed by atoms with Crippen LogP contribution in [0.2, 0.25) is 0 Å². The predicted molar refractivity (Wildman–Crippen MR) is 83.9 cm³/mol. The molecule has 116 valence electrons. The maximum Gasteiger partial charge on any atom is 0.0882 e. The maximum atomic E-state index is 5.87. The zero-order valence-electron chi connectivity index (χ0n) is 13.1. The van der Waals surface area contributed by atoms with E-state index in [4.69, 9.17) is 9.47 Å². The van der Waals surface area contributed by atoms with Crippen molar-refractivity contribution < 1.29 is 9.47 Å². The van der Waals surface area contributed by atoms with Gasteiger partial charge in [-0.25, -0.2) is 0 Å². The van der Waals surface area contributed by atoms with Gasteiger partial charge in [0.1, 0.15) is 0 Å². The topological polar surface area (TPSA) is 48.3 Å². The molecular formula is C14H26BrN3O2. The molecule has 1 rings (SSSR count). The first kappa shape index (κ1) is 17.6. The standard InChI is InChI=1S/C14H26BrN3O2/c1-6-14(7-2,20-5)13(16-3)12-11(15)10-17-18(12)8-9-19-4/h10,13,16H,6-9H2,1-5H3. The minimum Gasteiger partial charge on any atom is -0.383 e. The molecule has 0 fully saturated rings. The van der Waals surface area contributed by atoms with E-state index >= 15 is 0 Å². The fourth-order valence-corrected chi connectivity index (χ4v) is 3.25. The van der Waals surface area contributed by atoms with Gasteiger partial charge in [0.25, 0.3) is 0 Å². The van der Waals surface area contributed by atoms with Gasteiger partial charge in [-0.2, -0.15) is 5.10 Å². The molecule has 1 aromatic heterocycles. The van der Waals surface area contributed by atoms with E-state index in [-0.39, 0.29) is 11.6 Å². The van der Waals surface area contributed by atoms with Crippen LogP contribution in [0.25, 0.3) is 0 Å². The lowest BCUT2D eigenvalue weighted by molar-refractivity contribution is -0.0492. The molecule has 0 radical (unpaired) electrons. The number of nitrogens with one attached hydrogen (secondary N) is 1. The van der Waals surface area contributed by atoms with Gasteiger partial charge in [0.05, 0.1) is 41.2 Å². The zero-order valence-corrected chi connectivity index (χ0v) is 14.7. The number of ether oxygens (including phenoxy) is 2. The summed E-state index contributed by atoms with van der Waals surface area (Å²) in [4.78, 5) is 0. The lowest BCUT2D eigenvalue weighted by Crippen LogP contribution is -2.45. The first-order valence-electron chi connectivity index (χ1n) is 7.02. The van der Waals surface area contributed by atoms with Crippen molar-refractivity contribution in [1.29, 1.82) is 0 Å². The normalized spacial score (nSPS) is 13.7. The molecule has 0 aliphatic rings. The fraction of sp³-hybridized carbons (Fsp3) is 0.786. The minimum atomic E-state index is -0.248. The summed E-state index contributed by atoms with van der Waals surface area (Å²) in [6, 6.07) is 0.0660. The molecule has 0 spiro atoms. The molecule has 0 aromatic carbocycles. The van der Waals surface area contributed by atoms with E-state index < -0.39 is 0 Å². The molecular weight excluding hydrogens is 322 g/mol. The summed E-state index contributed by atoms with van der Waals surface area (Å²) < 4.78 is 14.0. The lowest BCUT2D eigenvalue weighted by atomic mass is 9.86. The second-order valence-corrected chi connectivity index (χ2v) is 5.65. The number of likely N-dealkylation sites (N-methyl/N-ethyl adjacent to an activating group) is 1. The number of nitrogens with zero attached hydrogens (tertiary/aromatic N) is 2. The average molecular weight is 348 g/mol. The molecule has 1 atom stereocenters. The molecule has 1 N–H and O–H groups in total. The van der Waals surface area contributed by atoms with Crippen molar-refractivity contribution in [2.24, 2.45) is 0 Å². The van der Waals surface area contributed by atoms with Gasteiger partial charge in [-0.1, -0.05) is 13.8 Å². The molecule has 0 aliphatic heterocycles. The van der Waals surface area contributed by atoms with E-state index in [1.54, 1.807) is 14.2 Å². The molecule has 20 heavy (non-hydrogen) atoms. The Bertz CT molecular complexity index is 397. The number of halogens is 1. The lowest BCUT2D eigenvalue weighted by Gasteiger charge is -2.38.